The lowest BCUT2D eigenvalue weighted by molar-refractivity contribution is 0.401. The van der Waals surface area contributed by atoms with Crippen molar-refractivity contribution in [2.45, 2.75) is 27.2 Å². The van der Waals surface area contributed by atoms with E-state index in [2.05, 4.69) is 30.7 Å². The van der Waals surface area contributed by atoms with E-state index in [1.807, 2.05) is 36.4 Å². The zero-order valence-electron chi connectivity index (χ0n) is 10.9. The lowest BCUT2D eigenvalue weighted by atomic mass is 9.92. The van der Waals surface area contributed by atoms with Crippen molar-refractivity contribution in [3.63, 3.8) is 0 Å². The van der Waals surface area contributed by atoms with E-state index >= 15 is 0 Å². The van der Waals surface area contributed by atoms with Crippen molar-refractivity contribution in [3.05, 3.63) is 47.4 Å². The fraction of sp³-hybridized carbons (Fsp3) is 0.333. The van der Waals surface area contributed by atoms with Crippen molar-refractivity contribution in [2.75, 3.05) is 0 Å². The summed E-state index contributed by atoms with van der Waals surface area (Å²) in [5.74, 6) is 0.800. The number of halogens is 1. The van der Waals surface area contributed by atoms with Crippen LogP contribution in [-0.2, 0) is 6.42 Å². The highest BCUT2D eigenvalue weighted by atomic mass is 35.5. The maximum absolute atomic E-state index is 6.08. The van der Waals surface area contributed by atoms with Crippen LogP contribution in [0.25, 0.3) is 11.3 Å². The van der Waals surface area contributed by atoms with Gasteiger partial charge in [-0.15, -0.1) is 0 Å². The first-order chi connectivity index (χ1) is 8.44. The molecule has 0 aliphatic rings. The van der Waals surface area contributed by atoms with Crippen molar-refractivity contribution in [1.29, 1.82) is 0 Å². The van der Waals surface area contributed by atoms with Crippen LogP contribution in [0, 0.1) is 5.41 Å². The van der Waals surface area contributed by atoms with Gasteiger partial charge in [0.05, 0.1) is 5.69 Å². The zero-order valence-corrected chi connectivity index (χ0v) is 11.7. The Bertz CT molecular complexity index is 530. The summed E-state index contributed by atoms with van der Waals surface area (Å²) in [4.78, 5) is 8.89. The largest absolute Gasteiger partial charge is 0.233 e. The van der Waals surface area contributed by atoms with Gasteiger partial charge in [0.25, 0.3) is 0 Å². The lowest BCUT2D eigenvalue weighted by Crippen LogP contribution is -2.12. The average Bonchev–Trinajstić information content (AvgIpc) is 2.27. The Kier molecular flexibility index (Phi) is 3.67. The van der Waals surface area contributed by atoms with Gasteiger partial charge >= 0.3 is 0 Å². The first-order valence-electron chi connectivity index (χ1n) is 6.03. The number of benzene rings is 1. The molecule has 94 valence electrons. The molecule has 0 unspecified atom stereocenters. The smallest absolute Gasteiger partial charge is 0.133 e. The van der Waals surface area contributed by atoms with Crippen LogP contribution in [0.1, 0.15) is 26.6 Å². The van der Waals surface area contributed by atoms with E-state index in [-0.39, 0.29) is 5.41 Å². The van der Waals surface area contributed by atoms with Crippen molar-refractivity contribution >= 4 is 11.6 Å². The third-order valence-electron chi connectivity index (χ3n) is 2.50. The summed E-state index contributed by atoms with van der Waals surface area (Å²) >= 11 is 6.08. The summed E-state index contributed by atoms with van der Waals surface area (Å²) < 4.78 is 0. The van der Waals surface area contributed by atoms with Gasteiger partial charge in [0.2, 0.25) is 0 Å². The van der Waals surface area contributed by atoms with Gasteiger partial charge in [0.1, 0.15) is 11.0 Å². The monoisotopic (exact) mass is 260 g/mol. The SMILES string of the molecule is CC(C)(C)Cc1nc(Cl)cc(-c2ccccc2)n1. The van der Waals surface area contributed by atoms with Crippen LogP contribution in [0.3, 0.4) is 0 Å². The lowest BCUT2D eigenvalue weighted by Gasteiger charge is -2.17. The van der Waals surface area contributed by atoms with Crippen molar-refractivity contribution < 1.29 is 0 Å². The molecule has 3 heteroatoms. The maximum Gasteiger partial charge on any atom is 0.133 e. The first kappa shape index (κ1) is 13.0. The second kappa shape index (κ2) is 5.07. The third kappa shape index (κ3) is 3.54. The van der Waals surface area contributed by atoms with Gasteiger partial charge in [0, 0.05) is 18.1 Å². The molecule has 0 amide bonds. The molecule has 2 rings (SSSR count). The quantitative estimate of drug-likeness (QED) is 0.749. The molecular formula is C15H17ClN2. The van der Waals surface area contributed by atoms with Gasteiger partial charge in [-0.3, -0.25) is 0 Å². The fourth-order valence-corrected chi connectivity index (χ4v) is 1.98. The van der Waals surface area contributed by atoms with Gasteiger partial charge in [0.15, 0.2) is 0 Å². The van der Waals surface area contributed by atoms with Gasteiger partial charge in [-0.25, -0.2) is 9.97 Å². The molecule has 0 N–H and O–H groups in total. The van der Waals surface area contributed by atoms with Crippen LogP contribution in [0.2, 0.25) is 5.15 Å². The normalized spacial score (nSPS) is 11.6. The molecule has 0 radical (unpaired) electrons. The van der Waals surface area contributed by atoms with E-state index < -0.39 is 0 Å². The van der Waals surface area contributed by atoms with Crippen LogP contribution in [-0.4, -0.2) is 9.97 Å². The number of nitrogens with zero attached hydrogens (tertiary/aromatic N) is 2. The molecule has 1 aromatic heterocycles. The molecule has 1 heterocycles. The van der Waals surface area contributed by atoms with E-state index in [1.165, 1.54) is 0 Å². The predicted molar refractivity (Wildman–Crippen MR) is 75.6 cm³/mol. The predicted octanol–water partition coefficient (Wildman–Crippen LogP) is 4.39. The Hall–Kier alpha value is -1.41. The summed E-state index contributed by atoms with van der Waals surface area (Å²) in [6.07, 6.45) is 0.813. The topological polar surface area (TPSA) is 25.8 Å². The molecule has 2 aromatic rings. The number of hydrogen-bond donors (Lipinski definition) is 0. The molecular weight excluding hydrogens is 244 g/mol. The van der Waals surface area contributed by atoms with Crippen LogP contribution < -0.4 is 0 Å². The third-order valence-corrected chi connectivity index (χ3v) is 2.69. The van der Waals surface area contributed by atoms with Gasteiger partial charge < -0.3 is 0 Å². The molecule has 0 saturated carbocycles. The summed E-state index contributed by atoms with van der Waals surface area (Å²) in [6.45, 7) is 6.50. The zero-order chi connectivity index (χ0) is 13.2. The highest BCUT2D eigenvalue weighted by molar-refractivity contribution is 6.29. The molecule has 0 aliphatic heterocycles. The Labute approximate surface area is 113 Å². The average molecular weight is 261 g/mol. The van der Waals surface area contributed by atoms with E-state index in [0.29, 0.717) is 5.15 Å². The Morgan fingerprint density at radius 3 is 2.33 bits per heavy atom. The van der Waals surface area contributed by atoms with Gasteiger partial charge in [-0.05, 0) is 5.41 Å². The van der Waals surface area contributed by atoms with Crippen LogP contribution in [0.4, 0.5) is 0 Å². The summed E-state index contributed by atoms with van der Waals surface area (Å²) in [5.41, 5.74) is 2.10. The second-order valence-electron chi connectivity index (χ2n) is 5.60. The maximum atomic E-state index is 6.08. The van der Waals surface area contributed by atoms with E-state index in [1.54, 1.807) is 0 Å². The number of rotatable bonds is 2. The fourth-order valence-electron chi connectivity index (χ4n) is 1.77. The van der Waals surface area contributed by atoms with E-state index in [4.69, 9.17) is 11.6 Å². The summed E-state index contributed by atoms with van der Waals surface area (Å²) in [5, 5.41) is 0.503. The minimum absolute atomic E-state index is 0.151. The van der Waals surface area contributed by atoms with Crippen LogP contribution in [0.15, 0.2) is 36.4 Å². The minimum Gasteiger partial charge on any atom is -0.233 e. The molecule has 1 aromatic carbocycles. The Morgan fingerprint density at radius 2 is 1.72 bits per heavy atom. The number of aromatic nitrogens is 2. The van der Waals surface area contributed by atoms with Crippen molar-refractivity contribution in [3.8, 4) is 11.3 Å². The van der Waals surface area contributed by atoms with E-state index in [9.17, 15) is 0 Å². The highest BCUT2D eigenvalue weighted by Crippen LogP contribution is 2.23. The molecule has 0 aliphatic carbocycles. The molecule has 0 bridgehead atoms. The number of hydrogen-bond acceptors (Lipinski definition) is 2. The standard InChI is InChI=1S/C15H17ClN2/c1-15(2,3)10-14-17-12(9-13(16)18-14)11-7-5-4-6-8-11/h4-9H,10H2,1-3H3. The van der Waals surface area contributed by atoms with Gasteiger partial charge in [-0.2, -0.15) is 0 Å². The van der Waals surface area contributed by atoms with Crippen LogP contribution in [0.5, 0.6) is 0 Å². The van der Waals surface area contributed by atoms with E-state index in [0.717, 1.165) is 23.5 Å². The highest BCUT2D eigenvalue weighted by Gasteiger charge is 2.15. The Balaban J connectivity index is 2.39. The molecule has 0 saturated heterocycles. The minimum atomic E-state index is 0.151. The molecule has 0 fully saturated rings. The van der Waals surface area contributed by atoms with Crippen molar-refractivity contribution in [2.24, 2.45) is 5.41 Å². The molecule has 0 atom stereocenters. The van der Waals surface area contributed by atoms with Crippen molar-refractivity contribution in [1.82, 2.24) is 9.97 Å². The molecule has 0 spiro atoms. The Morgan fingerprint density at radius 1 is 1.06 bits per heavy atom. The second-order valence-corrected chi connectivity index (χ2v) is 5.98. The van der Waals surface area contributed by atoms with Crippen LogP contribution >= 0.6 is 11.6 Å². The molecule has 2 nitrogen and oxygen atoms in total. The summed E-state index contributed by atoms with van der Waals surface area (Å²) in [6, 6.07) is 11.8. The molecule has 18 heavy (non-hydrogen) atoms. The summed E-state index contributed by atoms with van der Waals surface area (Å²) in [7, 11) is 0. The van der Waals surface area contributed by atoms with Gasteiger partial charge in [-0.1, -0.05) is 62.7 Å². The first-order valence-corrected chi connectivity index (χ1v) is 6.41.